The Morgan fingerprint density at radius 1 is 0.647 bits per heavy atom. The maximum atomic E-state index is 4.62. The van der Waals surface area contributed by atoms with Crippen molar-refractivity contribution in [3.63, 3.8) is 0 Å². The fourth-order valence-corrected chi connectivity index (χ4v) is 7.37. The number of halogens is 1. The predicted molar refractivity (Wildman–Crippen MR) is 240 cm³/mol. The van der Waals surface area contributed by atoms with Crippen LogP contribution in [0.15, 0.2) is 106 Å². The van der Waals surface area contributed by atoms with Gasteiger partial charge in [0.1, 0.15) is 0 Å². The van der Waals surface area contributed by atoms with Crippen LogP contribution in [0.2, 0.25) is 0 Å². The van der Waals surface area contributed by atoms with E-state index in [9.17, 15) is 0 Å². The maximum Gasteiger partial charge on any atom is 0.169 e. The average Bonchev–Trinajstić information content (AvgIpc) is 3.12. The van der Waals surface area contributed by atoms with Gasteiger partial charge >= 0.3 is 0 Å². The third-order valence-electron chi connectivity index (χ3n) is 8.17. The molecular formula is C42H58IN6S2+. The number of aliphatic imine (C=N–C) groups is 1. The van der Waals surface area contributed by atoms with Gasteiger partial charge in [-0.2, -0.15) is 0 Å². The van der Waals surface area contributed by atoms with Gasteiger partial charge in [-0.3, -0.25) is 4.99 Å². The molecule has 3 rings (SSSR count). The second kappa shape index (κ2) is 25.2. The summed E-state index contributed by atoms with van der Waals surface area (Å²) in [4.78, 5) is 13.7. The summed E-state index contributed by atoms with van der Waals surface area (Å²) in [5, 5.41) is 0. The molecule has 0 radical (unpaired) electrons. The monoisotopic (exact) mass is 837 g/mol. The Bertz CT molecular complexity index is 1530. The molecule has 6 nitrogen and oxygen atoms in total. The molecule has 0 N–H and O–H groups in total. The van der Waals surface area contributed by atoms with E-state index in [1.165, 1.54) is 28.1 Å². The van der Waals surface area contributed by atoms with Crippen molar-refractivity contribution in [2.75, 3.05) is 96.3 Å². The quantitative estimate of drug-likeness (QED) is 0.0237. The highest BCUT2D eigenvalue weighted by Gasteiger charge is 2.04. The minimum Gasteiger partial charge on any atom is -0.375 e. The smallest absolute Gasteiger partial charge is 0.169 e. The highest BCUT2D eigenvalue weighted by Crippen LogP contribution is 2.20. The van der Waals surface area contributed by atoms with Crippen LogP contribution in [0.1, 0.15) is 29.5 Å². The van der Waals surface area contributed by atoms with Crippen molar-refractivity contribution in [1.29, 1.82) is 0 Å². The van der Waals surface area contributed by atoms with Gasteiger partial charge in [0.05, 0.1) is 5.75 Å². The Balaban J connectivity index is 1.32. The second-order valence-electron chi connectivity index (χ2n) is 13.0. The normalized spacial score (nSPS) is 12.5. The molecule has 0 aliphatic carbocycles. The minimum absolute atomic E-state index is 0.813. The van der Waals surface area contributed by atoms with Crippen LogP contribution < -0.4 is 14.4 Å². The first kappa shape index (κ1) is 42.6. The zero-order valence-electron chi connectivity index (χ0n) is 31.5. The maximum absolute atomic E-state index is 4.62. The van der Waals surface area contributed by atoms with Gasteiger partial charge in [-0.1, -0.05) is 92.7 Å². The molecule has 0 amide bonds. The summed E-state index contributed by atoms with van der Waals surface area (Å²) in [5.41, 5.74) is 7.26. The number of pyridine rings is 1. The number of nitrogens with zero attached hydrogens (tertiary/aromatic N) is 6. The lowest BCUT2D eigenvalue weighted by molar-refractivity contribution is -0.692. The molecule has 0 atom stereocenters. The van der Waals surface area contributed by atoms with Crippen molar-refractivity contribution in [2.45, 2.75) is 19.4 Å². The lowest BCUT2D eigenvalue weighted by Gasteiger charge is -2.20. The van der Waals surface area contributed by atoms with E-state index in [2.05, 4.69) is 204 Å². The van der Waals surface area contributed by atoms with Gasteiger partial charge in [0.25, 0.3) is 0 Å². The number of anilines is 2. The highest BCUT2D eigenvalue weighted by molar-refractivity contribution is 14.1. The van der Waals surface area contributed by atoms with Crippen LogP contribution in [-0.4, -0.2) is 103 Å². The minimum atomic E-state index is 0.813. The molecular weight excluding hydrogens is 780 g/mol. The van der Waals surface area contributed by atoms with Gasteiger partial charge in [-0.25, -0.2) is 4.57 Å². The molecule has 3 aromatic rings. The molecule has 0 saturated heterocycles. The number of hydrogen-bond donors (Lipinski definition) is 0. The largest absolute Gasteiger partial charge is 0.375 e. The summed E-state index contributed by atoms with van der Waals surface area (Å²) >= 11 is 2.27. The van der Waals surface area contributed by atoms with E-state index in [0.717, 1.165) is 69.2 Å². The zero-order valence-corrected chi connectivity index (χ0v) is 35.3. The summed E-state index contributed by atoms with van der Waals surface area (Å²) in [6.07, 6.45) is 21.5. The summed E-state index contributed by atoms with van der Waals surface area (Å²) in [6, 6.07) is 22.0. The van der Waals surface area contributed by atoms with Crippen molar-refractivity contribution < 1.29 is 4.57 Å². The standard InChI is InChI=1S/C42H58IN6S2/c1-45(2)28-7-30-47(5)41-17-13-37(14-18-41)9-11-39(21-25-43)22-26-44-27-35-50-51-36-34-49-32-23-40(24-33-49)12-10-38-15-19-42(20-16-38)48(6)31-8-29-46(3)4/h9-26,32-33H,7-8,27-31,34-36H2,1-6H3/q+1/b11-9+,25-21-,39-22-,44-26+. The van der Waals surface area contributed by atoms with E-state index in [1.807, 2.05) is 31.9 Å². The Morgan fingerprint density at radius 3 is 1.69 bits per heavy atom. The summed E-state index contributed by atoms with van der Waals surface area (Å²) < 4.78 is 4.29. The molecule has 1 aromatic heterocycles. The fourth-order valence-electron chi connectivity index (χ4n) is 5.10. The van der Waals surface area contributed by atoms with E-state index >= 15 is 0 Å². The fraction of sp³-hybridized carbons (Fsp3) is 0.381. The molecule has 0 unspecified atom stereocenters. The van der Waals surface area contributed by atoms with Crippen molar-refractivity contribution in [3.8, 4) is 0 Å². The Labute approximate surface area is 330 Å². The lowest BCUT2D eigenvalue weighted by atomic mass is 10.1. The number of aromatic nitrogens is 1. The van der Waals surface area contributed by atoms with Crippen LogP contribution in [0.3, 0.4) is 0 Å². The van der Waals surface area contributed by atoms with E-state index in [1.54, 1.807) is 0 Å². The first-order valence-corrected chi connectivity index (χ1v) is 21.5. The van der Waals surface area contributed by atoms with Crippen LogP contribution in [0, 0.1) is 0 Å². The third-order valence-corrected chi connectivity index (χ3v) is 10.9. The second-order valence-corrected chi connectivity index (χ2v) is 16.5. The van der Waals surface area contributed by atoms with Crippen LogP contribution in [0.25, 0.3) is 18.2 Å². The molecule has 0 spiro atoms. The molecule has 9 heteroatoms. The van der Waals surface area contributed by atoms with Crippen LogP contribution in [0.4, 0.5) is 11.4 Å². The number of rotatable bonds is 23. The van der Waals surface area contributed by atoms with Gasteiger partial charge in [0.2, 0.25) is 0 Å². The van der Waals surface area contributed by atoms with Crippen molar-refractivity contribution >= 4 is 80.0 Å². The van der Waals surface area contributed by atoms with E-state index in [4.69, 9.17) is 0 Å². The van der Waals surface area contributed by atoms with Crippen molar-refractivity contribution in [2.24, 2.45) is 4.99 Å². The van der Waals surface area contributed by atoms with Gasteiger partial charge < -0.3 is 19.6 Å². The Kier molecular flexibility index (Phi) is 21.0. The number of benzene rings is 2. The summed E-state index contributed by atoms with van der Waals surface area (Å²) in [5.74, 6) is 2.06. The van der Waals surface area contributed by atoms with Crippen molar-refractivity contribution in [1.82, 2.24) is 9.80 Å². The Morgan fingerprint density at radius 2 is 1.16 bits per heavy atom. The van der Waals surface area contributed by atoms with E-state index < -0.39 is 0 Å². The zero-order chi connectivity index (χ0) is 36.7. The SMILES string of the molecule is CN(C)CCCN(C)c1ccc(/C=C/C(/C=C\I)=C/C=N/CCSSCC[n+]2ccc(/C=C/c3ccc(N(C)CCCN(C)C)cc3)cc2)cc1. The van der Waals surface area contributed by atoms with Crippen LogP contribution >= 0.6 is 44.2 Å². The van der Waals surface area contributed by atoms with Gasteiger partial charge in [-0.05, 0) is 117 Å². The summed E-state index contributed by atoms with van der Waals surface area (Å²) in [6.45, 7) is 6.13. The first-order valence-electron chi connectivity index (χ1n) is 17.7. The number of allylic oxidation sites excluding steroid dienone is 4. The van der Waals surface area contributed by atoms with Crippen LogP contribution in [0.5, 0.6) is 0 Å². The van der Waals surface area contributed by atoms with Crippen LogP contribution in [-0.2, 0) is 6.54 Å². The predicted octanol–water partition coefficient (Wildman–Crippen LogP) is 8.96. The average molecular weight is 838 g/mol. The molecule has 0 fully saturated rings. The molecule has 0 aliphatic rings. The van der Waals surface area contributed by atoms with Crippen molar-refractivity contribution in [3.05, 3.63) is 118 Å². The highest BCUT2D eigenvalue weighted by atomic mass is 127. The lowest BCUT2D eigenvalue weighted by Crippen LogP contribution is -2.33. The molecule has 0 saturated carbocycles. The van der Waals surface area contributed by atoms with E-state index in [-0.39, 0.29) is 0 Å². The number of hydrogen-bond acceptors (Lipinski definition) is 7. The topological polar surface area (TPSA) is 29.2 Å². The van der Waals surface area contributed by atoms with Gasteiger partial charge in [-0.15, -0.1) is 0 Å². The van der Waals surface area contributed by atoms with Gasteiger partial charge in [0, 0.05) is 69.2 Å². The number of aryl methyl sites for hydroxylation is 1. The molecule has 0 bridgehead atoms. The van der Waals surface area contributed by atoms with Gasteiger partial charge in [0.15, 0.2) is 18.9 Å². The first-order chi connectivity index (χ1) is 24.7. The summed E-state index contributed by atoms with van der Waals surface area (Å²) in [7, 11) is 16.6. The molecule has 2 aromatic carbocycles. The molecule has 0 aliphatic heterocycles. The molecule has 51 heavy (non-hydrogen) atoms. The van der Waals surface area contributed by atoms with E-state index in [0.29, 0.717) is 0 Å². The third kappa shape index (κ3) is 18.5. The Hall–Kier alpha value is -2.83. The molecule has 1 heterocycles. The molecule has 274 valence electrons.